The maximum absolute atomic E-state index is 15.0. The highest BCUT2D eigenvalue weighted by molar-refractivity contribution is 6.45. The molecule has 0 aromatic heterocycles. The molecule has 0 saturated carbocycles. The van der Waals surface area contributed by atoms with Crippen molar-refractivity contribution >= 4 is 50.0 Å². The second-order valence-electron chi connectivity index (χ2n) is 18.8. The number of nitriles is 4. The molecular weight excluding hydrogens is 793 g/mol. The van der Waals surface area contributed by atoms with E-state index in [9.17, 15) is 35.7 Å². The fraction of sp³-hybridized carbons (Fsp3) is 0.232. The topological polar surface area (TPSA) is 167 Å². The van der Waals surface area contributed by atoms with Gasteiger partial charge < -0.3 is 5.11 Å². The minimum Gasteiger partial charge on any atom is -0.381 e. The van der Waals surface area contributed by atoms with Crippen molar-refractivity contribution in [1.29, 1.82) is 21.0 Å². The van der Waals surface area contributed by atoms with Gasteiger partial charge in [-0.05, 0) is 102 Å². The lowest BCUT2D eigenvalue weighted by atomic mass is 9.72. The van der Waals surface area contributed by atoms with Crippen molar-refractivity contribution < 1.29 is 19.5 Å². The lowest BCUT2D eigenvalue weighted by Gasteiger charge is -2.31. The van der Waals surface area contributed by atoms with Gasteiger partial charge in [-0.25, -0.2) is 0 Å². The molecule has 302 valence electrons. The van der Waals surface area contributed by atoms with Gasteiger partial charge in [0.2, 0.25) is 11.6 Å². The second kappa shape index (κ2) is 12.9. The molecule has 0 fully saturated rings. The standard InChI is InChI=1S/C56H34N4O4/c57-21-45-33-5-1-2-6-34(33)46(22-58)50-38-18-42-30-12-26(38)9-25-11-29-15-31-13-27-10-28-14-32(16-30)44(56(64)54(42)62)20-40(28)52-48(24-60)36-8-4-3-7-35(36)47(23-59)51(52)39(27)19-43(31)55(63)53(61)41(29)17-37(25)49(45)50/h1-8,11-14,37-38,43-44,53,61H,9-10,15-20H2. The summed E-state index contributed by atoms with van der Waals surface area (Å²) in [6, 6.07) is 24.8. The Bertz CT molecular complexity index is 3590. The van der Waals surface area contributed by atoms with Gasteiger partial charge in [0.05, 0.1) is 28.2 Å². The summed E-state index contributed by atoms with van der Waals surface area (Å²) in [6.45, 7) is 0. The van der Waals surface area contributed by atoms with Gasteiger partial charge in [-0.3, -0.25) is 14.4 Å². The third-order valence-electron chi connectivity index (χ3n) is 16.0. The summed E-state index contributed by atoms with van der Waals surface area (Å²) >= 11 is 0. The molecule has 1 N–H and O–H groups in total. The molecule has 4 aromatic carbocycles. The summed E-state index contributed by atoms with van der Waals surface area (Å²) in [7, 11) is 0. The highest BCUT2D eigenvalue weighted by Crippen LogP contribution is 2.59. The van der Waals surface area contributed by atoms with Crippen molar-refractivity contribution in [3.63, 3.8) is 0 Å². The molecule has 5 atom stereocenters. The Labute approximate surface area is 367 Å². The third kappa shape index (κ3) is 4.63. The fourth-order valence-electron chi connectivity index (χ4n) is 13.3. The number of carbonyl (C=O) groups is 3. The highest BCUT2D eigenvalue weighted by atomic mass is 16.3. The summed E-state index contributed by atoms with van der Waals surface area (Å²) < 4.78 is 0. The number of Topliss-reactive ketones (excluding diaryl/α,β-unsaturated/α-hetero) is 3. The van der Waals surface area contributed by atoms with Crippen LogP contribution in [0.15, 0.2) is 129 Å². The minimum atomic E-state index is -1.44. The molecule has 9 aliphatic carbocycles. The first-order chi connectivity index (χ1) is 31.2. The Morgan fingerprint density at radius 1 is 0.469 bits per heavy atom. The Hall–Kier alpha value is -7.75. The van der Waals surface area contributed by atoms with E-state index >= 15 is 4.79 Å². The minimum absolute atomic E-state index is 0.166. The van der Waals surface area contributed by atoms with Crippen molar-refractivity contribution in [2.45, 2.75) is 69.3 Å². The molecule has 0 radical (unpaired) electrons. The molecule has 13 rings (SSSR count). The van der Waals surface area contributed by atoms with Gasteiger partial charge in [0.25, 0.3) is 0 Å². The SMILES string of the molecule is N#Cc1c2c(c(C#N)c3ccccc13)C1=C3C=C4CC5=C(CC6C(=C5)CC5=CC7=C(CC5c5c6c(C#N)c6ccccc6c5C#N)C(=O)C(=O)C5CC2=C(C=C5C7)C3)C(O)C(=O)C4C1. The van der Waals surface area contributed by atoms with Crippen LogP contribution in [0.25, 0.3) is 32.7 Å². The predicted molar refractivity (Wildman–Crippen MR) is 237 cm³/mol. The van der Waals surface area contributed by atoms with Gasteiger partial charge in [0, 0.05) is 56.0 Å². The maximum atomic E-state index is 15.0. The molecule has 0 aliphatic heterocycles. The fourth-order valence-corrected chi connectivity index (χ4v) is 13.3. The number of ketones is 3. The molecule has 0 saturated heterocycles. The molecule has 0 amide bonds. The number of fused-ring (bicyclic) bond motifs is 8. The van der Waals surface area contributed by atoms with Crippen LogP contribution < -0.4 is 0 Å². The van der Waals surface area contributed by atoms with E-state index in [-0.39, 0.29) is 31.5 Å². The molecule has 8 bridgehead atoms. The number of hydrogen-bond acceptors (Lipinski definition) is 8. The largest absolute Gasteiger partial charge is 0.381 e. The van der Waals surface area contributed by atoms with Crippen molar-refractivity contribution in [1.82, 2.24) is 0 Å². The number of carbonyl (C=O) groups excluding carboxylic acids is 3. The van der Waals surface area contributed by atoms with Gasteiger partial charge in [0.1, 0.15) is 30.4 Å². The maximum Gasteiger partial charge on any atom is 0.225 e. The Morgan fingerprint density at radius 2 is 0.891 bits per heavy atom. The molecule has 0 spiro atoms. The summed E-state index contributed by atoms with van der Waals surface area (Å²) in [5.41, 5.74) is 14.0. The monoisotopic (exact) mass is 826 g/mol. The van der Waals surface area contributed by atoms with Gasteiger partial charge in [-0.2, -0.15) is 21.0 Å². The second-order valence-corrected chi connectivity index (χ2v) is 18.8. The molecule has 5 unspecified atom stereocenters. The summed E-state index contributed by atoms with van der Waals surface area (Å²) in [5.74, 6) is -3.86. The zero-order chi connectivity index (χ0) is 43.4. The van der Waals surface area contributed by atoms with Crippen molar-refractivity contribution in [2.75, 3.05) is 0 Å². The van der Waals surface area contributed by atoms with E-state index in [4.69, 9.17) is 0 Å². The zero-order valence-corrected chi connectivity index (χ0v) is 34.4. The molecule has 0 heterocycles. The predicted octanol–water partition coefficient (Wildman–Crippen LogP) is 9.70. The van der Waals surface area contributed by atoms with Gasteiger partial charge in [0.15, 0.2) is 5.78 Å². The average Bonchev–Trinajstić information content (AvgIpc) is 3.62. The van der Waals surface area contributed by atoms with E-state index in [1.54, 1.807) is 0 Å². The van der Waals surface area contributed by atoms with Gasteiger partial charge in [-0.15, -0.1) is 0 Å². The Morgan fingerprint density at radius 3 is 1.44 bits per heavy atom. The molecule has 8 nitrogen and oxygen atoms in total. The number of aliphatic hydroxyl groups is 1. The van der Waals surface area contributed by atoms with E-state index in [2.05, 4.69) is 48.6 Å². The normalized spacial score (nSPS) is 25.7. The first-order valence-electron chi connectivity index (χ1n) is 22.0. The van der Waals surface area contributed by atoms with E-state index in [0.717, 1.165) is 55.7 Å². The molecule has 64 heavy (non-hydrogen) atoms. The van der Waals surface area contributed by atoms with Crippen LogP contribution in [0.4, 0.5) is 0 Å². The molecule has 8 heteroatoms. The van der Waals surface area contributed by atoms with Crippen LogP contribution in [0.5, 0.6) is 0 Å². The van der Waals surface area contributed by atoms with E-state index in [0.29, 0.717) is 103 Å². The number of hydrogen-bond donors (Lipinski definition) is 1. The van der Waals surface area contributed by atoms with Crippen LogP contribution in [-0.2, 0) is 14.4 Å². The van der Waals surface area contributed by atoms with Crippen molar-refractivity contribution in [3.05, 3.63) is 173 Å². The Balaban J connectivity index is 1.15. The third-order valence-corrected chi connectivity index (χ3v) is 16.0. The summed E-state index contributed by atoms with van der Waals surface area (Å²) in [5, 5.41) is 59.3. The average molecular weight is 827 g/mol. The number of nitrogens with zero attached hydrogens (tertiary/aromatic N) is 4. The van der Waals surface area contributed by atoms with Crippen LogP contribution in [0, 0.1) is 57.2 Å². The Kier molecular flexibility index (Phi) is 7.43. The first-order valence-corrected chi connectivity index (χ1v) is 22.0. The van der Waals surface area contributed by atoms with Crippen molar-refractivity contribution in [2.24, 2.45) is 11.8 Å². The van der Waals surface area contributed by atoms with E-state index in [1.807, 2.05) is 48.5 Å². The number of benzene rings is 4. The number of allylic oxidation sites excluding steroid dienone is 15. The number of rotatable bonds is 0. The lowest BCUT2D eigenvalue weighted by Crippen LogP contribution is -2.32. The summed E-state index contributed by atoms with van der Waals surface area (Å²) in [6.07, 6.45) is 9.49. The van der Waals surface area contributed by atoms with Gasteiger partial charge in [-0.1, -0.05) is 95.1 Å². The van der Waals surface area contributed by atoms with Crippen LogP contribution in [0.2, 0.25) is 0 Å². The smallest absolute Gasteiger partial charge is 0.225 e. The first kappa shape index (κ1) is 36.9. The quantitative estimate of drug-likeness (QED) is 0.171. The number of aliphatic hydroxyl groups excluding tert-OH is 1. The zero-order valence-electron chi connectivity index (χ0n) is 34.4. The molecular formula is C56H34N4O4. The molecule has 9 aliphatic rings. The van der Waals surface area contributed by atoms with E-state index < -0.39 is 41.3 Å². The van der Waals surface area contributed by atoms with Crippen LogP contribution in [-0.4, -0.2) is 28.6 Å². The van der Waals surface area contributed by atoms with Crippen LogP contribution in [0.3, 0.4) is 0 Å². The van der Waals surface area contributed by atoms with Crippen LogP contribution >= 0.6 is 0 Å². The van der Waals surface area contributed by atoms with Gasteiger partial charge >= 0.3 is 0 Å². The highest BCUT2D eigenvalue weighted by Gasteiger charge is 2.48. The van der Waals surface area contributed by atoms with E-state index in [1.165, 1.54) is 0 Å². The molecule has 4 aromatic rings. The van der Waals surface area contributed by atoms with Crippen LogP contribution in [0.1, 0.15) is 108 Å². The summed E-state index contributed by atoms with van der Waals surface area (Å²) in [4.78, 5) is 44.9. The lowest BCUT2D eigenvalue weighted by molar-refractivity contribution is -0.136. The van der Waals surface area contributed by atoms with Crippen molar-refractivity contribution in [3.8, 4) is 24.3 Å².